The molecule has 28 heavy (non-hydrogen) atoms. The highest BCUT2D eigenvalue weighted by Gasteiger charge is 2.39. The van der Waals surface area contributed by atoms with Crippen LogP contribution in [-0.4, -0.2) is 34.0 Å². The van der Waals surface area contributed by atoms with Crippen LogP contribution < -0.4 is 0 Å². The van der Waals surface area contributed by atoms with Crippen molar-refractivity contribution in [3.8, 4) is 0 Å². The highest BCUT2D eigenvalue weighted by atomic mass is 19.1. The zero-order chi connectivity index (χ0) is 19.7. The summed E-state index contributed by atoms with van der Waals surface area (Å²) in [5.41, 5.74) is 0.767. The van der Waals surface area contributed by atoms with Crippen molar-refractivity contribution < 1.29 is 18.1 Å². The van der Waals surface area contributed by atoms with Gasteiger partial charge in [-0.2, -0.15) is 0 Å². The number of rotatable bonds is 4. The number of carbonyl (C=O) groups excluding carboxylic acids is 1. The SMILES string of the molecule is Cc1cc(C(=O)N2CCCC(C)(c3ncc(Cc4cccc(F)c4)o3)C2)no1. The number of halogens is 1. The van der Waals surface area contributed by atoms with E-state index < -0.39 is 0 Å². The summed E-state index contributed by atoms with van der Waals surface area (Å²) in [4.78, 5) is 19.0. The molecule has 6 nitrogen and oxygen atoms in total. The van der Waals surface area contributed by atoms with Gasteiger partial charge in [0, 0.05) is 25.6 Å². The number of likely N-dealkylation sites (tertiary alicyclic amines) is 1. The van der Waals surface area contributed by atoms with Gasteiger partial charge in [0.15, 0.2) is 5.69 Å². The molecule has 1 atom stereocenters. The van der Waals surface area contributed by atoms with Crippen LogP contribution >= 0.6 is 0 Å². The Morgan fingerprint density at radius 3 is 2.96 bits per heavy atom. The quantitative estimate of drug-likeness (QED) is 0.683. The summed E-state index contributed by atoms with van der Waals surface area (Å²) in [7, 11) is 0. The smallest absolute Gasteiger partial charge is 0.276 e. The fourth-order valence-corrected chi connectivity index (χ4v) is 3.73. The third-order valence-electron chi connectivity index (χ3n) is 5.17. The van der Waals surface area contributed by atoms with E-state index in [-0.39, 0.29) is 17.1 Å². The minimum Gasteiger partial charge on any atom is -0.445 e. The average molecular weight is 383 g/mol. The first-order valence-electron chi connectivity index (χ1n) is 9.35. The van der Waals surface area contributed by atoms with Gasteiger partial charge in [0.2, 0.25) is 5.89 Å². The van der Waals surface area contributed by atoms with Crippen molar-refractivity contribution >= 4 is 5.91 Å². The normalized spacial score (nSPS) is 19.8. The maximum absolute atomic E-state index is 13.4. The van der Waals surface area contributed by atoms with Gasteiger partial charge in [-0.05, 0) is 44.4 Å². The van der Waals surface area contributed by atoms with Gasteiger partial charge in [-0.25, -0.2) is 9.37 Å². The van der Waals surface area contributed by atoms with Crippen molar-refractivity contribution in [1.82, 2.24) is 15.0 Å². The summed E-state index contributed by atoms with van der Waals surface area (Å²) in [6.07, 6.45) is 3.88. The molecule has 0 aliphatic carbocycles. The molecule has 0 saturated carbocycles. The molecule has 3 aromatic rings. The molecule has 1 unspecified atom stereocenters. The number of piperidine rings is 1. The lowest BCUT2D eigenvalue weighted by atomic mass is 9.81. The van der Waals surface area contributed by atoms with Gasteiger partial charge in [-0.15, -0.1) is 0 Å². The highest BCUT2D eigenvalue weighted by molar-refractivity contribution is 5.92. The molecule has 0 N–H and O–H groups in total. The van der Waals surface area contributed by atoms with Gasteiger partial charge < -0.3 is 13.8 Å². The molecule has 146 valence electrons. The Balaban J connectivity index is 1.50. The van der Waals surface area contributed by atoms with E-state index in [2.05, 4.69) is 17.1 Å². The Morgan fingerprint density at radius 2 is 2.21 bits per heavy atom. The van der Waals surface area contributed by atoms with Crippen LogP contribution in [0.2, 0.25) is 0 Å². The first-order chi connectivity index (χ1) is 13.4. The molecule has 1 fully saturated rings. The van der Waals surface area contributed by atoms with E-state index in [1.165, 1.54) is 12.1 Å². The molecule has 1 aliphatic rings. The molecule has 4 rings (SSSR count). The van der Waals surface area contributed by atoms with Crippen molar-refractivity contribution in [3.63, 3.8) is 0 Å². The summed E-state index contributed by atoms with van der Waals surface area (Å²) in [5, 5.41) is 3.83. The topological polar surface area (TPSA) is 72.4 Å². The molecule has 0 radical (unpaired) electrons. The van der Waals surface area contributed by atoms with E-state index in [1.54, 1.807) is 30.2 Å². The lowest BCUT2D eigenvalue weighted by molar-refractivity contribution is 0.0615. The highest BCUT2D eigenvalue weighted by Crippen LogP contribution is 2.34. The van der Waals surface area contributed by atoms with E-state index in [4.69, 9.17) is 8.94 Å². The van der Waals surface area contributed by atoms with Crippen molar-refractivity contribution in [2.75, 3.05) is 13.1 Å². The Morgan fingerprint density at radius 1 is 1.36 bits per heavy atom. The zero-order valence-electron chi connectivity index (χ0n) is 15.9. The molecule has 1 amide bonds. The summed E-state index contributed by atoms with van der Waals surface area (Å²) < 4.78 is 24.4. The van der Waals surface area contributed by atoms with Gasteiger partial charge in [0.1, 0.15) is 17.3 Å². The van der Waals surface area contributed by atoms with Crippen LogP contribution in [-0.2, 0) is 11.8 Å². The molecule has 1 aromatic carbocycles. The van der Waals surface area contributed by atoms with Gasteiger partial charge in [0.25, 0.3) is 5.91 Å². The number of amides is 1. The third kappa shape index (κ3) is 3.69. The lowest BCUT2D eigenvalue weighted by Gasteiger charge is -2.38. The fourth-order valence-electron chi connectivity index (χ4n) is 3.73. The van der Waals surface area contributed by atoms with Crippen LogP contribution in [0.25, 0.3) is 0 Å². The van der Waals surface area contributed by atoms with Crippen molar-refractivity contribution in [2.24, 2.45) is 0 Å². The molecule has 7 heteroatoms. The molecular formula is C21H22FN3O3. The standard InChI is InChI=1S/C21H22FN3O3/c1-14-9-18(24-28-14)19(26)25-8-4-7-21(2,13-25)20-23-12-17(27-20)11-15-5-3-6-16(22)10-15/h3,5-6,9-10,12H,4,7-8,11,13H2,1-2H3. The van der Waals surface area contributed by atoms with Crippen LogP contribution in [0.15, 0.2) is 45.5 Å². The monoisotopic (exact) mass is 383 g/mol. The Bertz CT molecular complexity index is 996. The Labute approximate surface area is 162 Å². The van der Waals surface area contributed by atoms with Crippen LogP contribution in [0.4, 0.5) is 4.39 Å². The Kier molecular flexibility index (Phi) is 4.75. The predicted molar refractivity (Wildman–Crippen MR) is 99.4 cm³/mol. The predicted octanol–water partition coefficient (Wildman–Crippen LogP) is 3.89. The van der Waals surface area contributed by atoms with Gasteiger partial charge in [-0.3, -0.25) is 4.79 Å². The van der Waals surface area contributed by atoms with Crippen LogP contribution in [0.5, 0.6) is 0 Å². The summed E-state index contributed by atoms with van der Waals surface area (Å²) in [6.45, 7) is 4.98. The van der Waals surface area contributed by atoms with Crippen LogP contribution in [0.1, 0.15) is 53.2 Å². The minimum absolute atomic E-state index is 0.144. The number of carbonyl (C=O) groups is 1. The summed E-state index contributed by atoms with van der Waals surface area (Å²) >= 11 is 0. The second-order valence-corrected chi connectivity index (χ2v) is 7.65. The number of nitrogens with zero attached hydrogens (tertiary/aromatic N) is 3. The summed E-state index contributed by atoms with van der Waals surface area (Å²) in [6, 6.07) is 8.09. The molecular weight excluding hydrogens is 361 g/mol. The van der Waals surface area contributed by atoms with E-state index in [0.29, 0.717) is 42.6 Å². The Hall–Kier alpha value is -2.96. The molecule has 3 heterocycles. The van der Waals surface area contributed by atoms with Crippen LogP contribution in [0, 0.1) is 12.7 Å². The van der Waals surface area contributed by atoms with Crippen molar-refractivity contribution in [1.29, 1.82) is 0 Å². The lowest BCUT2D eigenvalue weighted by Crippen LogP contribution is -2.47. The van der Waals surface area contributed by atoms with E-state index >= 15 is 0 Å². The second kappa shape index (κ2) is 7.22. The molecule has 2 aromatic heterocycles. The zero-order valence-corrected chi connectivity index (χ0v) is 15.9. The number of aryl methyl sites for hydroxylation is 1. The number of hydrogen-bond acceptors (Lipinski definition) is 5. The van der Waals surface area contributed by atoms with Crippen LogP contribution in [0.3, 0.4) is 0 Å². The van der Waals surface area contributed by atoms with E-state index in [0.717, 1.165) is 18.4 Å². The molecule has 1 aliphatic heterocycles. The average Bonchev–Trinajstić information content (AvgIpc) is 3.31. The van der Waals surface area contributed by atoms with Crippen molar-refractivity contribution in [3.05, 3.63) is 71.0 Å². The number of aromatic nitrogens is 2. The summed E-state index contributed by atoms with van der Waals surface area (Å²) in [5.74, 6) is 1.48. The second-order valence-electron chi connectivity index (χ2n) is 7.65. The van der Waals surface area contributed by atoms with Gasteiger partial charge in [0.05, 0.1) is 11.6 Å². The van der Waals surface area contributed by atoms with Crippen molar-refractivity contribution in [2.45, 2.75) is 38.5 Å². The van der Waals surface area contributed by atoms with E-state index in [9.17, 15) is 9.18 Å². The molecule has 0 bridgehead atoms. The first-order valence-corrected chi connectivity index (χ1v) is 9.35. The molecule has 1 saturated heterocycles. The number of benzene rings is 1. The van der Waals surface area contributed by atoms with Gasteiger partial charge >= 0.3 is 0 Å². The number of hydrogen-bond donors (Lipinski definition) is 0. The maximum atomic E-state index is 13.4. The number of oxazole rings is 1. The first kappa shape index (κ1) is 18.4. The largest absolute Gasteiger partial charge is 0.445 e. The third-order valence-corrected chi connectivity index (χ3v) is 5.17. The maximum Gasteiger partial charge on any atom is 0.276 e. The van der Waals surface area contributed by atoms with Gasteiger partial charge in [-0.1, -0.05) is 17.3 Å². The van der Waals surface area contributed by atoms with E-state index in [1.807, 2.05) is 6.07 Å². The minimum atomic E-state index is -0.382. The fraction of sp³-hybridized carbons (Fsp3) is 0.381. The molecule has 0 spiro atoms.